The molecule has 1 aliphatic rings. The van der Waals surface area contributed by atoms with Crippen LogP contribution in [0.3, 0.4) is 0 Å². The molecule has 2 heterocycles. The number of thioether (sulfide) groups is 1. The van der Waals surface area contributed by atoms with Gasteiger partial charge in [-0.25, -0.2) is 29.6 Å². The van der Waals surface area contributed by atoms with Crippen molar-refractivity contribution < 1.29 is 84.3 Å². The zero-order valence-electron chi connectivity index (χ0n) is 37.4. The largest absolute Gasteiger partial charge is 0.480 e. The number of aliphatic hydroxyl groups excluding tert-OH is 4. The number of carbonyl (C=O) groups excluding carboxylic acids is 8. The van der Waals surface area contributed by atoms with E-state index in [0.717, 1.165) is 36.1 Å². The number of rotatable bonds is 25. The molecule has 9 amide bonds. The first kappa shape index (κ1) is 58.1. The van der Waals surface area contributed by atoms with Crippen molar-refractivity contribution in [1.29, 1.82) is 0 Å². The summed E-state index contributed by atoms with van der Waals surface area (Å²) in [5, 5.41) is 89.5. The minimum absolute atomic E-state index is 0.0520. The van der Waals surface area contributed by atoms with Crippen LogP contribution in [0.25, 0.3) is 0 Å². The van der Waals surface area contributed by atoms with Gasteiger partial charge in [0.25, 0.3) is 0 Å². The van der Waals surface area contributed by atoms with Gasteiger partial charge in [0.1, 0.15) is 35.1 Å². The van der Waals surface area contributed by atoms with Gasteiger partial charge in [-0.1, -0.05) is 0 Å². The van der Waals surface area contributed by atoms with E-state index in [0.29, 0.717) is 27.0 Å². The molecule has 10 atom stereocenters. The highest BCUT2D eigenvalue weighted by Crippen LogP contribution is 2.43. The lowest BCUT2D eigenvalue weighted by molar-refractivity contribution is -0.163. The molecule has 16 N–H and O–H groups in total. The number of aromatic nitrogens is 2. The van der Waals surface area contributed by atoms with E-state index in [-0.39, 0.29) is 57.2 Å². The molecule has 0 saturated carbocycles. The number of nitrogens with zero attached hydrogens (tertiary/aromatic N) is 6. The number of carbonyl (C=O) groups is 9. The minimum Gasteiger partial charge on any atom is -0.480 e. The number of hydrogen-bond acceptors (Lipinski definition) is 19. The second kappa shape index (κ2) is 27.1. The van der Waals surface area contributed by atoms with E-state index in [1.54, 1.807) is 0 Å². The molecule has 30 nitrogen and oxygen atoms in total. The Bertz CT molecular complexity index is 2130. The van der Waals surface area contributed by atoms with Crippen molar-refractivity contribution >= 4 is 65.1 Å². The second-order valence-electron chi connectivity index (χ2n) is 15.5. The number of carboxylic acid groups (broad SMARTS) is 1. The molecule has 1 aromatic heterocycles. The maximum atomic E-state index is 13.8. The van der Waals surface area contributed by atoms with Crippen LogP contribution in [-0.4, -0.2) is 199 Å². The van der Waals surface area contributed by atoms with Crippen LogP contribution in [0.15, 0.2) is 22.1 Å². The third-order valence-electron chi connectivity index (χ3n) is 10.4. The van der Waals surface area contributed by atoms with Crippen LogP contribution in [0.1, 0.15) is 64.7 Å². The fourth-order valence-electron chi connectivity index (χ4n) is 6.46. The lowest BCUT2D eigenvalue weighted by atomic mass is 10.00. The summed E-state index contributed by atoms with van der Waals surface area (Å²) in [6, 6.07) is -8.79. The number of amides is 9. The average molecular weight is 993 g/mol. The summed E-state index contributed by atoms with van der Waals surface area (Å²) in [5.74, 6) is -8.71. The highest BCUT2D eigenvalue weighted by molar-refractivity contribution is 8.00. The SMILES string of the molecule is CC(=O)N(O)CCC[C@H](NC(=O)[C@H](CCCN(O)C(C)=O)NC(=O)[C@@H](N)CCCN(O)C(C)=O)C(=O)N[C@@H](CO)C(=O)N[C@@H](C(=O)O)[C@@H](O)[C@@H]1S[C@H](n2ccc(=NC(N)=O)n(C)c2=O)[C@H](O)[C@@H]1O. The van der Waals surface area contributed by atoms with Crippen molar-refractivity contribution in [2.45, 2.75) is 118 Å². The fourth-order valence-corrected chi connectivity index (χ4v) is 8.03. The maximum Gasteiger partial charge on any atom is 0.340 e. The molecule has 0 radical (unpaired) electrons. The zero-order chi connectivity index (χ0) is 51.7. The molecule has 0 unspecified atom stereocenters. The Morgan fingerprint density at radius 1 is 0.750 bits per heavy atom. The van der Waals surface area contributed by atoms with Crippen LogP contribution in [0, 0.1) is 0 Å². The topological polar surface area (TPSA) is 465 Å². The molecule has 1 aliphatic heterocycles. The summed E-state index contributed by atoms with van der Waals surface area (Å²) >= 11 is 0.545. The Kier molecular flexibility index (Phi) is 23.1. The van der Waals surface area contributed by atoms with Gasteiger partial charge in [0.2, 0.25) is 41.4 Å². The van der Waals surface area contributed by atoms with Gasteiger partial charge in [-0.3, -0.25) is 58.3 Å². The molecule has 1 aromatic rings. The number of aliphatic hydroxyl groups is 4. The van der Waals surface area contributed by atoms with E-state index < -0.39 is 131 Å². The van der Waals surface area contributed by atoms with E-state index >= 15 is 0 Å². The van der Waals surface area contributed by atoms with Gasteiger partial charge in [0.05, 0.1) is 30.1 Å². The van der Waals surface area contributed by atoms with Crippen molar-refractivity contribution in [3.05, 3.63) is 28.2 Å². The lowest BCUT2D eigenvalue weighted by Crippen LogP contribution is -2.61. The zero-order valence-corrected chi connectivity index (χ0v) is 38.2. The smallest absolute Gasteiger partial charge is 0.340 e. The van der Waals surface area contributed by atoms with E-state index in [1.165, 1.54) is 13.1 Å². The van der Waals surface area contributed by atoms with Crippen molar-refractivity contribution in [2.24, 2.45) is 23.5 Å². The Balaban J connectivity index is 2.35. The number of aliphatic carboxylic acids is 1. The molecule has 68 heavy (non-hydrogen) atoms. The Hall–Kier alpha value is -6.06. The van der Waals surface area contributed by atoms with Crippen LogP contribution in [0.5, 0.6) is 0 Å². The van der Waals surface area contributed by atoms with E-state index in [4.69, 9.17) is 11.5 Å². The van der Waals surface area contributed by atoms with Crippen LogP contribution in [0.4, 0.5) is 4.79 Å². The Morgan fingerprint density at radius 3 is 1.63 bits per heavy atom. The predicted molar refractivity (Wildman–Crippen MR) is 229 cm³/mol. The van der Waals surface area contributed by atoms with Gasteiger partial charge >= 0.3 is 17.7 Å². The van der Waals surface area contributed by atoms with Gasteiger partial charge in [-0.15, -0.1) is 11.8 Å². The fraction of sp³-hybridized carbons (Fsp3) is 0.649. The maximum absolute atomic E-state index is 13.8. The molecule has 382 valence electrons. The number of urea groups is 1. The number of hydrogen-bond donors (Lipinski definition) is 14. The number of hydroxylamine groups is 6. The standard InChI is InChI=1S/C37H60N12O18S/c1-17(51)47(65)12-5-8-20(38)30(57)40-21(9-6-13-48(66)18(2)52)31(58)41-22(10-7-14-49(67)19(3)53)32(59)42-23(16-50)33(60)44-25(35(61)62)26(54)29-27(55)28(56)34(68-29)46-15-11-24(43-36(39)63)45(4)37(46)64/h11,15,20-23,25-29,34,50,54-56,65-67H,5-10,12-14,16,38H2,1-4H3,(H2,39,63)(H,40,57)(H,41,58)(H,42,59)(H,44,60)(H,61,62)/t20-,21-,22-,23-,25+,26+,27-,28+,29-,34-/m0/s1. The molecule has 2 rings (SSSR count). The summed E-state index contributed by atoms with van der Waals surface area (Å²) in [6.07, 6.45) is -5.91. The van der Waals surface area contributed by atoms with Gasteiger partial charge < -0.3 is 58.3 Å². The van der Waals surface area contributed by atoms with Crippen molar-refractivity contribution in [3.8, 4) is 0 Å². The van der Waals surface area contributed by atoms with Crippen LogP contribution >= 0.6 is 11.8 Å². The first-order valence-electron chi connectivity index (χ1n) is 20.8. The van der Waals surface area contributed by atoms with Crippen molar-refractivity contribution in [1.82, 2.24) is 45.6 Å². The normalized spacial score (nSPS) is 19.6. The third kappa shape index (κ3) is 16.9. The Morgan fingerprint density at radius 2 is 1.19 bits per heavy atom. The average Bonchev–Trinajstić information content (AvgIpc) is 3.56. The third-order valence-corrected chi connectivity index (χ3v) is 12.0. The quantitative estimate of drug-likeness (QED) is 0.0320. The number of carboxylic acids is 1. The molecule has 1 fully saturated rings. The number of nitrogens with two attached hydrogens (primary N) is 2. The van der Waals surface area contributed by atoms with E-state index in [9.17, 15) is 89.1 Å². The summed E-state index contributed by atoms with van der Waals surface area (Å²) in [5.41, 5.74) is 9.99. The molecule has 0 aromatic carbocycles. The monoisotopic (exact) mass is 992 g/mol. The molecule has 1 saturated heterocycles. The van der Waals surface area contributed by atoms with Crippen molar-refractivity contribution in [3.63, 3.8) is 0 Å². The van der Waals surface area contributed by atoms with Gasteiger partial charge in [0, 0.05) is 53.6 Å². The number of nitrogens with one attached hydrogen (secondary N) is 4. The first-order valence-corrected chi connectivity index (χ1v) is 21.7. The predicted octanol–water partition coefficient (Wildman–Crippen LogP) is -6.74. The Labute approximate surface area is 390 Å². The van der Waals surface area contributed by atoms with Crippen LogP contribution in [0.2, 0.25) is 0 Å². The first-order chi connectivity index (χ1) is 31.7. The van der Waals surface area contributed by atoms with Gasteiger partial charge in [0.15, 0.2) is 6.04 Å². The molecule has 0 spiro atoms. The lowest BCUT2D eigenvalue weighted by Gasteiger charge is -2.29. The van der Waals surface area contributed by atoms with Gasteiger partial charge in [-0.05, 0) is 44.6 Å². The highest BCUT2D eigenvalue weighted by Gasteiger charge is 2.50. The number of primary amides is 1. The summed E-state index contributed by atoms with van der Waals surface area (Å²) in [6.45, 7) is 1.07. The molecular weight excluding hydrogens is 933 g/mol. The molecule has 0 aliphatic carbocycles. The molecule has 0 bridgehead atoms. The summed E-state index contributed by atoms with van der Waals surface area (Å²) in [7, 11) is 1.21. The van der Waals surface area contributed by atoms with Crippen LogP contribution in [-0.2, 0) is 45.4 Å². The summed E-state index contributed by atoms with van der Waals surface area (Å²) < 4.78 is 1.78. The second-order valence-corrected chi connectivity index (χ2v) is 16.8. The minimum atomic E-state index is -2.31. The van der Waals surface area contributed by atoms with E-state index in [1.807, 2.05) is 5.32 Å². The summed E-state index contributed by atoms with van der Waals surface area (Å²) in [4.78, 5) is 129. The van der Waals surface area contributed by atoms with Gasteiger partial charge in [-0.2, -0.15) is 4.99 Å². The molecule has 31 heteroatoms. The van der Waals surface area contributed by atoms with E-state index in [2.05, 4.69) is 20.9 Å². The van der Waals surface area contributed by atoms with Crippen LogP contribution < -0.4 is 43.9 Å². The highest BCUT2D eigenvalue weighted by atomic mass is 32.2. The van der Waals surface area contributed by atoms with Crippen molar-refractivity contribution in [2.75, 3.05) is 26.2 Å². The molecular formula is C37H60N12O18S.